The van der Waals surface area contributed by atoms with Crippen molar-refractivity contribution >= 4 is 28.4 Å². The maximum Gasteiger partial charge on any atom is 0.290 e. The number of nitrogens with zero attached hydrogens (tertiary/aromatic N) is 4. The number of hydrogen-bond donors (Lipinski definition) is 1. The van der Waals surface area contributed by atoms with Crippen molar-refractivity contribution in [1.82, 2.24) is 15.0 Å². The molecule has 0 radical (unpaired) electrons. The Bertz CT molecular complexity index is 834. The quantitative estimate of drug-likeness (QED) is 0.586. The zero-order valence-electron chi connectivity index (χ0n) is 11.1. The zero-order chi connectivity index (χ0) is 14.8. The molecule has 104 valence electrons. The number of anilines is 2. The highest BCUT2D eigenvalue weighted by Gasteiger charge is 2.11. The summed E-state index contributed by atoms with van der Waals surface area (Å²) in [5.41, 5.74) is 2.09. The molecule has 2 heterocycles. The summed E-state index contributed by atoms with van der Waals surface area (Å²) in [6.07, 6.45) is 2.83. The minimum atomic E-state index is -0.456. The topological polar surface area (TPSA) is 93.8 Å². The van der Waals surface area contributed by atoms with Crippen molar-refractivity contribution in [3.8, 4) is 0 Å². The van der Waals surface area contributed by atoms with Gasteiger partial charge < -0.3 is 5.32 Å². The highest BCUT2D eigenvalue weighted by atomic mass is 16.6. The fraction of sp³-hybridized carbons (Fsp3) is 0.0714. The lowest BCUT2D eigenvalue weighted by Gasteiger charge is -2.06. The molecule has 0 amide bonds. The maximum atomic E-state index is 10.8. The van der Waals surface area contributed by atoms with Crippen molar-refractivity contribution in [3.05, 3.63) is 58.4 Å². The van der Waals surface area contributed by atoms with E-state index >= 15 is 0 Å². The Labute approximate surface area is 119 Å². The predicted octanol–water partition coefficient (Wildman–Crippen LogP) is 2.99. The molecular weight excluding hydrogens is 270 g/mol. The number of para-hydroxylation sites is 2. The van der Waals surface area contributed by atoms with Crippen LogP contribution in [0.15, 0.2) is 42.7 Å². The lowest BCUT2D eigenvalue weighted by molar-refractivity contribution is -0.385. The summed E-state index contributed by atoms with van der Waals surface area (Å²) in [6.45, 7) is 1.66. The fourth-order valence-corrected chi connectivity index (χ4v) is 1.96. The summed E-state index contributed by atoms with van der Waals surface area (Å²) in [5, 5.41) is 13.8. The van der Waals surface area contributed by atoms with Crippen LogP contribution in [0.25, 0.3) is 11.0 Å². The van der Waals surface area contributed by atoms with E-state index < -0.39 is 4.92 Å². The molecule has 0 saturated carbocycles. The molecule has 7 nitrogen and oxygen atoms in total. The molecule has 3 aromatic rings. The van der Waals surface area contributed by atoms with Gasteiger partial charge >= 0.3 is 0 Å². The van der Waals surface area contributed by atoms with Gasteiger partial charge in [0.15, 0.2) is 5.82 Å². The lowest BCUT2D eigenvalue weighted by atomic mass is 10.2. The molecule has 0 saturated heterocycles. The first kappa shape index (κ1) is 12.9. The van der Waals surface area contributed by atoms with Gasteiger partial charge in [0.05, 0.1) is 22.2 Å². The molecule has 21 heavy (non-hydrogen) atoms. The normalized spacial score (nSPS) is 10.5. The largest absolute Gasteiger partial charge is 0.324 e. The zero-order valence-corrected chi connectivity index (χ0v) is 11.1. The molecule has 1 aromatic carbocycles. The Morgan fingerprint density at radius 1 is 1.10 bits per heavy atom. The molecule has 0 spiro atoms. The van der Waals surface area contributed by atoms with Crippen LogP contribution in [0.4, 0.5) is 17.3 Å². The number of pyridine rings is 1. The Hall–Kier alpha value is -3.09. The average molecular weight is 281 g/mol. The molecule has 0 aliphatic rings. The van der Waals surface area contributed by atoms with Gasteiger partial charge in [0.2, 0.25) is 0 Å². The maximum absolute atomic E-state index is 10.8. The first-order valence-electron chi connectivity index (χ1n) is 6.23. The third-order valence-electron chi connectivity index (χ3n) is 2.98. The Kier molecular flexibility index (Phi) is 3.15. The van der Waals surface area contributed by atoms with Crippen molar-refractivity contribution in [3.63, 3.8) is 0 Å². The van der Waals surface area contributed by atoms with E-state index in [4.69, 9.17) is 0 Å². The molecule has 0 atom stereocenters. The van der Waals surface area contributed by atoms with Gasteiger partial charge in [-0.2, -0.15) is 0 Å². The number of aryl methyl sites for hydroxylation is 1. The van der Waals surface area contributed by atoms with Crippen LogP contribution in [0.5, 0.6) is 0 Å². The number of rotatable bonds is 3. The van der Waals surface area contributed by atoms with Crippen LogP contribution in [-0.2, 0) is 0 Å². The van der Waals surface area contributed by atoms with E-state index in [0.717, 1.165) is 11.0 Å². The summed E-state index contributed by atoms with van der Waals surface area (Å²) in [7, 11) is 0. The summed E-state index contributed by atoms with van der Waals surface area (Å²) in [4.78, 5) is 23.0. The van der Waals surface area contributed by atoms with E-state index in [1.54, 1.807) is 19.2 Å². The molecule has 1 N–H and O–H groups in total. The Balaban J connectivity index is 1.91. The summed E-state index contributed by atoms with van der Waals surface area (Å²) >= 11 is 0. The van der Waals surface area contributed by atoms with Crippen molar-refractivity contribution in [2.24, 2.45) is 0 Å². The van der Waals surface area contributed by atoms with Crippen LogP contribution >= 0.6 is 0 Å². The van der Waals surface area contributed by atoms with Gasteiger partial charge in [-0.15, -0.1) is 0 Å². The molecule has 0 aliphatic carbocycles. The van der Waals surface area contributed by atoms with Crippen LogP contribution in [-0.4, -0.2) is 19.9 Å². The third-order valence-corrected chi connectivity index (χ3v) is 2.98. The number of nitrogens with one attached hydrogen (secondary N) is 1. The number of aromatic nitrogens is 3. The summed E-state index contributed by atoms with van der Waals surface area (Å²) < 4.78 is 0. The summed E-state index contributed by atoms with van der Waals surface area (Å²) in [5.74, 6) is 1.03. The van der Waals surface area contributed by atoms with Gasteiger partial charge in [-0.3, -0.25) is 15.1 Å². The average Bonchev–Trinajstić information content (AvgIpc) is 2.47. The van der Waals surface area contributed by atoms with Crippen LogP contribution < -0.4 is 5.32 Å². The molecule has 3 rings (SSSR count). The predicted molar refractivity (Wildman–Crippen MR) is 78.4 cm³/mol. The van der Waals surface area contributed by atoms with Crippen molar-refractivity contribution in [2.45, 2.75) is 6.92 Å². The first-order chi connectivity index (χ1) is 10.1. The minimum Gasteiger partial charge on any atom is -0.324 e. The minimum absolute atomic E-state index is 0.00912. The fourth-order valence-electron chi connectivity index (χ4n) is 1.96. The Morgan fingerprint density at radius 2 is 1.86 bits per heavy atom. The molecule has 0 unspecified atom stereocenters. The molecule has 2 aromatic heterocycles. The second-order valence-corrected chi connectivity index (χ2v) is 4.48. The molecule has 0 fully saturated rings. The SMILES string of the molecule is Cc1cc(Nc2cnc3ccccc3n2)ncc1[N+](=O)[O-]. The molecular formula is C14H11N5O2. The van der Waals surface area contributed by atoms with Crippen LogP contribution in [0.3, 0.4) is 0 Å². The van der Waals surface area contributed by atoms with Crippen molar-refractivity contribution in [2.75, 3.05) is 5.32 Å². The number of fused-ring (bicyclic) bond motifs is 1. The Morgan fingerprint density at radius 3 is 2.57 bits per heavy atom. The highest BCUT2D eigenvalue weighted by molar-refractivity contribution is 5.75. The number of benzene rings is 1. The van der Waals surface area contributed by atoms with Crippen LogP contribution in [0, 0.1) is 17.0 Å². The smallest absolute Gasteiger partial charge is 0.290 e. The van der Waals surface area contributed by atoms with Gasteiger partial charge in [-0.1, -0.05) is 12.1 Å². The second kappa shape index (κ2) is 5.12. The first-order valence-corrected chi connectivity index (χ1v) is 6.23. The van der Waals surface area contributed by atoms with Gasteiger partial charge in [-0.25, -0.2) is 9.97 Å². The highest BCUT2D eigenvalue weighted by Crippen LogP contribution is 2.21. The van der Waals surface area contributed by atoms with Gasteiger partial charge in [0, 0.05) is 5.56 Å². The van der Waals surface area contributed by atoms with E-state index in [1.165, 1.54) is 6.20 Å². The lowest BCUT2D eigenvalue weighted by Crippen LogP contribution is -2.00. The van der Waals surface area contributed by atoms with E-state index in [0.29, 0.717) is 17.2 Å². The standard InChI is InChI=1S/C14H11N5O2/c1-9-6-13(16-7-12(9)19(20)21)18-14-8-15-10-4-2-3-5-11(10)17-14/h2-8H,1H3,(H,16,17,18). The molecule has 7 heteroatoms. The summed E-state index contributed by atoms with van der Waals surface area (Å²) in [6, 6.07) is 9.12. The monoisotopic (exact) mass is 281 g/mol. The van der Waals surface area contributed by atoms with E-state index in [-0.39, 0.29) is 5.69 Å². The van der Waals surface area contributed by atoms with E-state index in [2.05, 4.69) is 20.3 Å². The third kappa shape index (κ3) is 2.62. The van der Waals surface area contributed by atoms with Crippen LogP contribution in [0.1, 0.15) is 5.56 Å². The molecule has 0 aliphatic heterocycles. The van der Waals surface area contributed by atoms with Gasteiger partial charge in [-0.05, 0) is 25.1 Å². The van der Waals surface area contributed by atoms with Crippen molar-refractivity contribution in [1.29, 1.82) is 0 Å². The van der Waals surface area contributed by atoms with Crippen LogP contribution in [0.2, 0.25) is 0 Å². The van der Waals surface area contributed by atoms with Gasteiger partial charge in [0.25, 0.3) is 5.69 Å². The van der Waals surface area contributed by atoms with E-state index in [9.17, 15) is 10.1 Å². The number of nitro groups is 1. The second-order valence-electron chi connectivity index (χ2n) is 4.48. The van der Waals surface area contributed by atoms with Crippen molar-refractivity contribution < 1.29 is 4.92 Å². The van der Waals surface area contributed by atoms with Gasteiger partial charge in [0.1, 0.15) is 12.0 Å². The molecule has 0 bridgehead atoms. The number of hydrogen-bond acceptors (Lipinski definition) is 6. The van der Waals surface area contributed by atoms with E-state index in [1.807, 2.05) is 24.3 Å².